The van der Waals surface area contributed by atoms with Crippen LogP contribution in [0.4, 0.5) is 10.5 Å². The summed E-state index contributed by atoms with van der Waals surface area (Å²) in [4.78, 5) is 27.8. The molecule has 1 heterocycles. The molecule has 0 bridgehead atoms. The maximum Gasteiger partial charge on any atom is 0.321 e. The van der Waals surface area contributed by atoms with Crippen molar-refractivity contribution in [3.63, 3.8) is 0 Å². The van der Waals surface area contributed by atoms with Crippen molar-refractivity contribution >= 4 is 17.6 Å². The van der Waals surface area contributed by atoms with Crippen LogP contribution in [0.25, 0.3) is 0 Å². The summed E-state index contributed by atoms with van der Waals surface area (Å²) in [5.41, 5.74) is 1.27. The van der Waals surface area contributed by atoms with Crippen LogP contribution in [0.15, 0.2) is 24.3 Å². The van der Waals surface area contributed by atoms with E-state index in [2.05, 4.69) is 10.6 Å². The van der Waals surface area contributed by atoms with E-state index in [0.29, 0.717) is 17.2 Å². The molecule has 1 saturated heterocycles. The lowest BCUT2D eigenvalue weighted by molar-refractivity contribution is 0.0687. The van der Waals surface area contributed by atoms with Gasteiger partial charge in [0.2, 0.25) is 0 Å². The summed E-state index contributed by atoms with van der Waals surface area (Å²) in [6.45, 7) is 2.65. The lowest BCUT2D eigenvalue weighted by Crippen LogP contribution is -2.39. The highest BCUT2D eigenvalue weighted by Crippen LogP contribution is 2.22. The second kappa shape index (κ2) is 8.68. The van der Waals surface area contributed by atoms with E-state index in [1.807, 2.05) is 11.9 Å². The predicted octanol–water partition coefficient (Wildman–Crippen LogP) is 2.24. The molecule has 24 heavy (non-hydrogen) atoms. The molecule has 0 unspecified atom stereocenters. The number of carbonyl (C=O) groups is 2. The standard InChI is InChI=1S/C18H28N4O2/c1-19-10-7-14-8-11-22(12-9-14)17(23)15-5-4-6-16(13-15)20-18(24)21(2)3/h4-6,13-14,19H,7-12H2,1-3H3,(H,20,24). The van der Waals surface area contributed by atoms with E-state index in [9.17, 15) is 9.59 Å². The van der Waals surface area contributed by atoms with Crippen LogP contribution in [-0.2, 0) is 0 Å². The molecule has 1 fully saturated rings. The largest absolute Gasteiger partial charge is 0.339 e. The minimum atomic E-state index is -0.204. The molecule has 2 rings (SSSR count). The van der Waals surface area contributed by atoms with Gasteiger partial charge in [-0.05, 0) is 57.0 Å². The summed E-state index contributed by atoms with van der Waals surface area (Å²) in [5.74, 6) is 0.746. The lowest BCUT2D eigenvalue weighted by atomic mass is 9.93. The molecule has 0 aliphatic carbocycles. The second-order valence-corrected chi connectivity index (χ2v) is 6.53. The molecule has 2 N–H and O–H groups in total. The summed E-state index contributed by atoms with van der Waals surface area (Å²) >= 11 is 0. The molecular weight excluding hydrogens is 304 g/mol. The quantitative estimate of drug-likeness (QED) is 0.869. The molecule has 0 radical (unpaired) electrons. The minimum Gasteiger partial charge on any atom is -0.339 e. The van der Waals surface area contributed by atoms with Gasteiger partial charge in [0.15, 0.2) is 0 Å². The Bertz CT molecular complexity index is 566. The number of hydrogen-bond donors (Lipinski definition) is 2. The molecule has 0 aromatic heterocycles. The van der Waals surface area contributed by atoms with Crippen molar-refractivity contribution in [3.05, 3.63) is 29.8 Å². The van der Waals surface area contributed by atoms with Crippen molar-refractivity contribution in [3.8, 4) is 0 Å². The topological polar surface area (TPSA) is 64.7 Å². The van der Waals surface area contributed by atoms with Crippen LogP contribution in [0.1, 0.15) is 29.6 Å². The molecule has 1 aromatic carbocycles. The van der Waals surface area contributed by atoms with E-state index >= 15 is 0 Å². The molecule has 0 saturated carbocycles. The Hall–Kier alpha value is -2.08. The SMILES string of the molecule is CNCCC1CCN(C(=O)c2cccc(NC(=O)N(C)C)c2)CC1. The molecular formula is C18H28N4O2. The zero-order valence-corrected chi connectivity index (χ0v) is 14.8. The average molecular weight is 332 g/mol. The van der Waals surface area contributed by atoms with Crippen LogP contribution >= 0.6 is 0 Å². The van der Waals surface area contributed by atoms with Gasteiger partial charge in [-0.3, -0.25) is 4.79 Å². The summed E-state index contributed by atoms with van der Waals surface area (Å²) in [7, 11) is 5.34. The second-order valence-electron chi connectivity index (χ2n) is 6.53. The summed E-state index contributed by atoms with van der Waals surface area (Å²) in [6.07, 6.45) is 3.29. The molecule has 6 heteroatoms. The van der Waals surface area contributed by atoms with Crippen molar-refractivity contribution in [2.24, 2.45) is 5.92 Å². The van der Waals surface area contributed by atoms with Crippen molar-refractivity contribution in [1.82, 2.24) is 15.1 Å². The van der Waals surface area contributed by atoms with Crippen molar-refractivity contribution in [2.45, 2.75) is 19.3 Å². The molecule has 0 atom stereocenters. The summed E-state index contributed by atoms with van der Waals surface area (Å²) in [5, 5.41) is 5.97. The van der Waals surface area contributed by atoms with Crippen LogP contribution in [0.3, 0.4) is 0 Å². The molecule has 1 aromatic rings. The van der Waals surface area contributed by atoms with Gasteiger partial charge in [-0.2, -0.15) is 0 Å². The number of carbonyl (C=O) groups excluding carboxylic acids is 2. The van der Waals surface area contributed by atoms with Gasteiger partial charge in [0.05, 0.1) is 0 Å². The average Bonchev–Trinajstić information content (AvgIpc) is 2.60. The van der Waals surface area contributed by atoms with Gasteiger partial charge in [-0.15, -0.1) is 0 Å². The Morgan fingerprint density at radius 3 is 2.58 bits per heavy atom. The number of piperidine rings is 1. The van der Waals surface area contributed by atoms with E-state index < -0.39 is 0 Å². The van der Waals surface area contributed by atoms with Crippen LogP contribution in [0.5, 0.6) is 0 Å². The third-order valence-corrected chi connectivity index (χ3v) is 4.47. The Morgan fingerprint density at radius 2 is 1.96 bits per heavy atom. The highest BCUT2D eigenvalue weighted by molar-refractivity contribution is 5.96. The van der Waals surface area contributed by atoms with E-state index in [1.54, 1.807) is 38.4 Å². The maximum atomic E-state index is 12.7. The fourth-order valence-electron chi connectivity index (χ4n) is 2.92. The summed E-state index contributed by atoms with van der Waals surface area (Å²) < 4.78 is 0. The minimum absolute atomic E-state index is 0.0445. The lowest BCUT2D eigenvalue weighted by Gasteiger charge is -2.32. The smallest absolute Gasteiger partial charge is 0.321 e. The van der Waals surface area contributed by atoms with Crippen molar-refractivity contribution in [1.29, 1.82) is 0 Å². The number of hydrogen-bond acceptors (Lipinski definition) is 3. The zero-order valence-electron chi connectivity index (χ0n) is 14.8. The highest BCUT2D eigenvalue weighted by atomic mass is 16.2. The van der Waals surface area contributed by atoms with Crippen molar-refractivity contribution in [2.75, 3.05) is 46.1 Å². The van der Waals surface area contributed by atoms with E-state index in [4.69, 9.17) is 0 Å². The van der Waals surface area contributed by atoms with Gasteiger partial charge in [0.25, 0.3) is 5.91 Å². The first-order chi connectivity index (χ1) is 11.5. The number of likely N-dealkylation sites (tertiary alicyclic amines) is 1. The molecule has 132 valence electrons. The fraction of sp³-hybridized carbons (Fsp3) is 0.556. The first-order valence-electron chi connectivity index (χ1n) is 8.53. The highest BCUT2D eigenvalue weighted by Gasteiger charge is 2.23. The van der Waals surface area contributed by atoms with Crippen molar-refractivity contribution < 1.29 is 9.59 Å². The number of nitrogens with zero attached hydrogens (tertiary/aromatic N) is 2. The number of nitrogens with one attached hydrogen (secondary N) is 2. The Morgan fingerprint density at radius 1 is 1.25 bits per heavy atom. The van der Waals surface area contributed by atoms with Crippen LogP contribution in [0, 0.1) is 5.92 Å². The number of anilines is 1. The van der Waals surface area contributed by atoms with Crippen LogP contribution in [-0.4, -0.2) is 62.5 Å². The number of urea groups is 1. The predicted molar refractivity (Wildman–Crippen MR) is 96.3 cm³/mol. The van der Waals surface area contributed by atoms with E-state index in [0.717, 1.165) is 32.5 Å². The molecule has 1 aliphatic heterocycles. The normalized spacial score (nSPS) is 15.2. The maximum absolute atomic E-state index is 12.7. The molecule has 1 aliphatic rings. The third-order valence-electron chi connectivity index (χ3n) is 4.47. The van der Waals surface area contributed by atoms with E-state index in [1.165, 1.54) is 11.3 Å². The first kappa shape index (κ1) is 18.3. The van der Waals surface area contributed by atoms with E-state index in [-0.39, 0.29) is 11.9 Å². The molecule has 3 amide bonds. The Kier molecular flexibility index (Phi) is 6.61. The number of benzene rings is 1. The van der Waals surface area contributed by atoms with Gasteiger partial charge in [-0.1, -0.05) is 6.07 Å². The van der Waals surface area contributed by atoms with Gasteiger partial charge >= 0.3 is 6.03 Å². The number of rotatable bonds is 5. The molecule has 6 nitrogen and oxygen atoms in total. The van der Waals surface area contributed by atoms with Crippen LogP contribution in [0.2, 0.25) is 0 Å². The molecule has 0 spiro atoms. The van der Waals surface area contributed by atoms with Gasteiger partial charge in [-0.25, -0.2) is 4.79 Å². The zero-order chi connectivity index (χ0) is 17.5. The van der Waals surface area contributed by atoms with Crippen LogP contribution < -0.4 is 10.6 Å². The first-order valence-corrected chi connectivity index (χ1v) is 8.53. The van der Waals surface area contributed by atoms with Gasteiger partial charge < -0.3 is 20.4 Å². The Labute approximate surface area is 144 Å². The summed E-state index contributed by atoms with van der Waals surface area (Å²) in [6, 6.07) is 6.95. The third kappa shape index (κ3) is 4.96. The Balaban J connectivity index is 1.94. The fourth-order valence-corrected chi connectivity index (χ4v) is 2.92. The monoisotopic (exact) mass is 332 g/mol. The van der Waals surface area contributed by atoms with Gasteiger partial charge in [0, 0.05) is 38.4 Å². The number of amides is 3. The van der Waals surface area contributed by atoms with Gasteiger partial charge in [0.1, 0.15) is 0 Å².